The van der Waals surface area contributed by atoms with Crippen LogP contribution < -0.4 is 0 Å². The van der Waals surface area contributed by atoms with Crippen molar-refractivity contribution in [2.24, 2.45) is 0 Å². The van der Waals surface area contributed by atoms with Crippen LogP contribution in [0.1, 0.15) is 13.3 Å². The molecule has 1 heterocycles. The molecule has 9 heteroatoms. The lowest BCUT2D eigenvalue weighted by Gasteiger charge is -2.19. The van der Waals surface area contributed by atoms with Gasteiger partial charge in [0.1, 0.15) is 6.33 Å². The molecule has 1 amide bonds. The average Bonchev–Trinajstić information content (AvgIpc) is 3.04. The molecule has 0 bridgehead atoms. The maximum atomic E-state index is 12.5. The highest BCUT2D eigenvalue weighted by atomic mass is 32.2. The zero-order valence-electron chi connectivity index (χ0n) is 13.8. The van der Waals surface area contributed by atoms with Gasteiger partial charge in [-0.3, -0.25) is 0 Å². The van der Waals surface area contributed by atoms with Gasteiger partial charge in [0, 0.05) is 26.2 Å². The van der Waals surface area contributed by atoms with Crippen molar-refractivity contribution < 1.29 is 13.2 Å². The molecule has 1 rings (SSSR count). The van der Waals surface area contributed by atoms with E-state index in [4.69, 9.17) is 0 Å². The summed E-state index contributed by atoms with van der Waals surface area (Å²) in [5, 5.41) is 3.40. The van der Waals surface area contributed by atoms with Crippen molar-refractivity contribution in [2.45, 2.75) is 18.5 Å². The zero-order chi connectivity index (χ0) is 18.2. The molecular weight excluding hydrogens is 330 g/mol. The van der Waals surface area contributed by atoms with Crippen molar-refractivity contribution in [3.63, 3.8) is 0 Å². The second-order valence-electron chi connectivity index (χ2n) is 4.89. The SMILES string of the molecule is C=CCN(CCC)C(=O)n1cnc(S(=O)(=O)N(CC=C)CC=C)n1. The van der Waals surface area contributed by atoms with Crippen LogP contribution in [-0.4, -0.2) is 64.6 Å². The van der Waals surface area contributed by atoms with E-state index in [9.17, 15) is 13.2 Å². The van der Waals surface area contributed by atoms with Crippen molar-refractivity contribution in [1.29, 1.82) is 0 Å². The molecule has 0 aliphatic rings. The normalized spacial score (nSPS) is 11.2. The van der Waals surface area contributed by atoms with E-state index >= 15 is 0 Å². The Balaban J connectivity index is 3.09. The molecule has 0 atom stereocenters. The molecule has 0 saturated carbocycles. The van der Waals surface area contributed by atoms with Crippen LogP contribution in [0.4, 0.5) is 4.79 Å². The average molecular weight is 353 g/mol. The summed E-state index contributed by atoms with van der Waals surface area (Å²) in [4.78, 5) is 17.7. The molecule has 132 valence electrons. The van der Waals surface area contributed by atoms with E-state index in [0.717, 1.165) is 21.7 Å². The summed E-state index contributed by atoms with van der Waals surface area (Å²) in [6.45, 7) is 13.6. The van der Waals surface area contributed by atoms with Crippen LogP contribution in [0.2, 0.25) is 0 Å². The molecule has 0 radical (unpaired) electrons. The van der Waals surface area contributed by atoms with Gasteiger partial charge in [-0.05, 0) is 6.42 Å². The Labute approximate surface area is 142 Å². The highest BCUT2D eigenvalue weighted by molar-refractivity contribution is 7.89. The molecule has 0 unspecified atom stereocenters. The third-order valence-corrected chi connectivity index (χ3v) is 4.64. The van der Waals surface area contributed by atoms with Gasteiger partial charge in [0.05, 0.1) is 0 Å². The number of rotatable bonds is 10. The van der Waals surface area contributed by atoms with E-state index in [1.807, 2.05) is 6.92 Å². The number of hydrogen-bond donors (Lipinski definition) is 0. The van der Waals surface area contributed by atoms with Crippen LogP contribution in [-0.2, 0) is 10.0 Å². The Hall–Kier alpha value is -2.26. The van der Waals surface area contributed by atoms with E-state index < -0.39 is 21.2 Å². The van der Waals surface area contributed by atoms with Crippen LogP contribution in [0.5, 0.6) is 0 Å². The number of nitrogens with zero attached hydrogens (tertiary/aromatic N) is 5. The second-order valence-corrected chi connectivity index (χ2v) is 6.72. The lowest BCUT2D eigenvalue weighted by atomic mass is 10.4. The summed E-state index contributed by atoms with van der Waals surface area (Å²) < 4.78 is 27.1. The second kappa shape index (κ2) is 9.14. The molecule has 8 nitrogen and oxygen atoms in total. The van der Waals surface area contributed by atoms with E-state index in [-0.39, 0.29) is 13.1 Å². The summed E-state index contributed by atoms with van der Waals surface area (Å²) in [7, 11) is -3.93. The number of aromatic nitrogens is 3. The Bertz CT molecular complexity index is 686. The van der Waals surface area contributed by atoms with Crippen molar-refractivity contribution in [3.05, 3.63) is 44.3 Å². The van der Waals surface area contributed by atoms with Crippen molar-refractivity contribution >= 4 is 16.1 Å². The number of amides is 1. The van der Waals surface area contributed by atoms with Gasteiger partial charge >= 0.3 is 6.03 Å². The zero-order valence-corrected chi connectivity index (χ0v) is 14.7. The van der Waals surface area contributed by atoms with Gasteiger partial charge in [0.25, 0.3) is 15.2 Å². The van der Waals surface area contributed by atoms with Crippen LogP contribution in [0.15, 0.2) is 49.4 Å². The first-order valence-corrected chi connectivity index (χ1v) is 8.90. The first kappa shape index (κ1) is 19.8. The number of sulfonamides is 1. The third kappa shape index (κ3) is 4.62. The number of carbonyl (C=O) groups excluding carboxylic acids is 1. The van der Waals surface area contributed by atoms with Crippen LogP contribution in [0, 0.1) is 0 Å². The van der Waals surface area contributed by atoms with Crippen LogP contribution in [0.25, 0.3) is 0 Å². The Kier molecular flexibility index (Phi) is 7.53. The molecule has 0 N–H and O–H groups in total. The minimum Gasteiger partial charge on any atom is -0.319 e. The van der Waals surface area contributed by atoms with E-state index in [0.29, 0.717) is 13.1 Å². The molecular formula is C15H23N5O3S. The van der Waals surface area contributed by atoms with Gasteiger partial charge in [-0.2, -0.15) is 8.99 Å². The smallest absolute Gasteiger partial charge is 0.319 e. The maximum Gasteiger partial charge on any atom is 0.346 e. The Morgan fingerprint density at radius 3 is 2.29 bits per heavy atom. The third-order valence-electron chi connectivity index (χ3n) is 3.02. The van der Waals surface area contributed by atoms with Gasteiger partial charge in [0.15, 0.2) is 0 Å². The molecule has 0 aliphatic carbocycles. The lowest BCUT2D eigenvalue weighted by Crippen LogP contribution is -2.36. The first-order valence-electron chi connectivity index (χ1n) is 7.46. The minimum absolute atomic E-state index is 0.0925. The molecule has 0 saturated heterocycles. The summed E-state index contributed by atoms with van der Waals surface area (Å²) in [6.07, 6.45) is 6.36. The van der Waals surface area contributed by atoms with Gasteiger partial charge in [0.2, 0.25) is 0 Å². The van der Waals surface area contributed by atoms with Crippen molar-refractivity contribution in [3.8, 4) is 0 Å². The standard InChI is InChI=1S/C15H23N5O3S/c1-5-9-18(10-6-2)15(21)20-13-16-14(17-20)24(22,23)19(11-7-3)12-8-4/h5,7-8,13H,1,3-4,6,9-12H2,2H3. The molecule has 24 heavy (non-hydrogen) atoms. The van der Waals surface area contributed by atoms with Crippen LogP contribution in [0.3, 0.4) is 0 Å². The fraction of sp³-hybridized carbons (Fsp3) is 0.400. The van der Waals surface area contributed by atoms with Crippen molar-refractivity contribution in [1.82, 2.24) is 24.0 Å². The van der Waals surface area contributed by atoms with E-state index in [2.05, 4.69) is 29.8 Å². The van der Waals surface area contributed by atoms with Crippen LogP contribution >= 0.6 is 0 Å². The maximum absolute atomic E-state index is 12.5. The molecule has 1 aromatic rings. The highest BCUT2D eigenvalue weighted by Crippen LogP contribution is 2.11. The van der Waals surface area contributed by atoms with Gasteiger partial charge in [-0.25, -0.2) is 18.2 Å². The van der Waals surface area contributed by atoms with E-state index in [1.54, 1.807) is 6.08 Å². The quantitative estimate of drug-likeness (QED) is 0.595. The Morgan fingerprint density at radius 2 is 1.79 bits per heavy atom. The number of hydrogen-bond acceptors (Lipinski definition) is 5. The predicted octanol–water partition coefficient (Wildman–Crippen LogP) is 1.51. The summed E-state index contributed by atoms with van der Waals surface area (Å²) in [5.41, 5.74) is 0. The molecule has 0 aliphatic heterocycles. The number of carbonyl (C=O) groups is 1. The topological polar surface area (TPSA) is 88.4 Å². The molecule has 0 fully saturated rings. The van der Waals surface area contributed by atoms with Crippen molar-refractivity contribution in [2.75, 3.05) is 26.2 Å². The van der Waals surface area contributed by atoms with Gasteiger partial charge in [-0.1, -0.05) is 25.2 Å². The molecule has 0 spiro atoms. The Morgan fingerprint density at radius 1 is 1.21 bits per heavy atom. The predicted molar refractivity (Wildman–Crippen MR) is 92.0 cm³/mol. The summed E-state index contributed by atoms with van der Waals surface area (Å²) in [6, 6.07) is -0.454. The van der Waals surface area contributed by atoms with Gasteiger partial charge in [-0.15, -0.1) is 24.8 Å². The monoisotopic (exact) mass is 353 g/mol. The first-order chi connectivity index (χ1) is 11.4. The fourth-order valence-electron chi connectivity index (χ4n) is 1.97. The van der Waals surface area contributed by atoms with E-state index in [1.165, 1.54) is 17.1 Å². The molecule has 1 aromatic heterocycles. The minimum atomic E-state index is -3.93. The van der Waals surface area contributed by atoms with Gasteiger partial charge < -0.3 is 4.90 Å². The lowest BCUT2D eigenvalue weighted by molar-refractivity contribution is 0.201. The summed E-state index contributed by atoms with van der Waals surface area (Å²) >= 11 is 0. The fourth-order valence-corrected chi connectivity index (χ4v) is 3.17. The highest BCUT2D eigenvalue weighted by Gasteiger charge is 2.28. The molecule has 0 aromatic carbocycles. The largest absolute Gasteiger partial charge is 0.346 e. The summed E-state index contributed by atoms with van der Waals surface area (Å²) in [5.74, 6) is 0.